The molecule has 2 nitrogen and oxygen atoms in total. The van der Waals surface area contributed by atoms with Gasteiger partial charge in [-0.15, -0.1) is 0 Å². The molecule has 0 saturated heterocycles. The number of nitrogens with zero attached hydrogens (tertiary/aromatic N) is 1. The predicted molar refractivity (Wildman–Crippen MR) is 83.2 cm³/mol. The summed E-state index contributed by atoms with van der Waals surface area (Å²) in [5.41, 5.74) is 1.43. The second-order valence-electron chi connectivity index (χ2n) is 7.36. The number of benzene rings is 1. The van der Waals surface area contributed by atoms with E-state index in [1.165, 1.54) is 38.5 Å². The smallest absolute Gasteiger partial charge is 0.0995 e. The van der Waals surface area contributed by atoms with E-state index in [-0.39, 0.29) is 0 Å². The van der Waals surface area contributed by atoms with Crippen LogP contribution in [0.15, 0.2) is 35.3 Å². The van der Waals surface area contributed by atoms with Crippen LogP contribution in [-0.2, 0) is 0 Å². The van der Waals surface area contributed by atoms with Crippen molar-refractivity contribution in [3.63, 3.8) is 0 Å². The van der Waals surface area contributed by atoms with Crippen LogP contribution in [0.5, 0.6) is 0 Å². The normalized spacial score (nSPS) is 39.0. The first-order valence-corrected chi connectivity index (χ1v) is 8.09. The summed E-state index contributed by atoms with van der Waals surface area (Å²) in [7, 11) is 0. The Morgan fingerprint density at radius 1 is 1.00 bits per heavy atom. The average molecular weight is 268 g/mol. The van der Waals surface area contributed by atoms with E-state index in [4.69, 9.17) is 4.99 Å². The average Bonchev–Trinajstić information content (AvgIpc) is 2.37. The third-order valence-corrected chi connectivity index (χ3v) is 5.54. The van der Waals surface area contributed by atoms with Crippen LogP contribution in [-0.4, -0.2) is 11.4 Å². The second kappa shape index (κ2) is 4.61. The van der Waals surface area contributed by atoms with Gasteiger partial charge in [0.2, 0.25) is 0 Å². The summed E-state index contributed by atoms with van der Waals surface area (Å²) in [6, 6.07) is 10.3. The molecule has 4 aliphatic rings. The lowest BCUT2D eigenvalue weighted by atomic mass is 9.53. The Morgan fingerprint density at radius 3 is 2.10 bits per heavy atom. The fourth-order valence-corrected chi connectivity index (χ4v) is 5.37. The van der Waals surface area contributed by atoms with Crippen LogP contribution >= 0.6 is 0 Å². The molecular weight excluding hydrogens is 244 g/mol. The molecule has 0 spiro atoms. The zero-order chi connectivity index (χ0) is 13.6. The van der Waals surface area contributed by atoms with Gasteiger partial charge in [-0.1, -0.05) is 18.2 Å². The maximum Gasteiger partial charge on any atom is 0.0995 e. The van der Waals surface area contributed by atoms with Crippen LogP contribution in [0.3, 0.4) is 0 Å². The third-order valence-electron chi connectivity index (χ3n) is 5.54. The van der Waals surface area contributed by atoms with Gasteiger partial charge >= 0.3 is 0 Å². The summed E-state index contributed by atoms with van der Waals surface area (Å²) in [5.74, 6) is 4.05. The van der Waals surface area contributed by atoms with Crippen LogP contribution in [0.1, 0.15) is 45.4 Å². The van der Waals surface area contributed by atoms with Gasteiger partial charge in [0.1, 0.15) is 0 Å². The molecule has 4 fully saturated rings. The summed E-state index contributed by atoms with van der Waals surface area (Å²) >= 11 is 0. The van der Waals surface area contributed by atoms with Crippen LogP contribution < -0.4 is 5.32 Å². The number of aliphatic imine (C=N–C) groups is 1. The van der Waals surface area contributed by atoms with E-state index in [0.29, 0.717) is 5.54 Å². The molecular formula is C18H24N2. The molecule has 4 bridgehead atoms. The highest BCUT2D eigenvalue weighted by molar-refractivity contribution is 5.83. The van der Waals surface area contributed by atoms with Crippen molar-refractivity contribution < 1.29 is 0 Å². The van der Waals surface area contributed by atoms with Crippen molar-refractivity contribution in [2.75, 3.05) is 0 Å². The molecule has 0 radical (unpaired) electrons. The van der Waals surface area contributed by atoms with Crippen molar-refractivity contribution in [2.24, 2.45) is 22.7 Å². The van der Waals surface area contributed by atoms with E-state index in [1.807, 2.05) is 6.07 Å². The molecule has 4 saturated carbocycles. The molecule has 0 aliphatic heterocycles. The van der Waals surface area contributed by atoms with Crippen molar-refractivity contribution >= 4 is 11.5 Å². The van der Waals surface area contributed by atoms with Gasteiger partial charge in [-0.2, -0.15) is 0 Å². The fourth-order valence-electron chi connectivity index (χ4n) is 5.37. The monoisotopic (exact) mass is 268 g/mol. The van der Waals surface area contributed by atoms with Crippen LogP contribution in [0, 0.1) is 17.8 Å². The first kappa shape index (κ1) is 12.4. The number of nitrogens with one attached hydrogen (secondary N) is 1. The Balaban J connectivity index is 1.52. The summed E-state index contributed by atoms with van der Waals surface area (Å²) in [6.45, 7) is 2.13. The molecule has 0 aromatic heterocycles. The topological polar surface area (TPSA) is 24.4 Å². The number of hydrogen-bond donors (Lipinski definition) is 1. The summed E-state index contributed by atoms with van der Waals surface area (Å²) in [6.07, 6.45) is 8.61. The lowest BCUT2D eigenvalue weighted by Crippen LogP contribution is -2.59. The zero-order valence-corrected chi connectivity index (χ0v) is 12.3. The Kier molecular flexibility index (Phi) is 2.87. The number of rotatable bonds is 2. The summed E-state index contributed by atoms with van der Waals surface area (Å²) in [5, 5.41) is 3.82. The number of hydrogen-bond acceptors (Lipinski definition) is 1. The van der Waals surface area contributed by atoms with Crippen LogP contribution in [0.25, 0.3) is 0 Å². The molecule has 0 amide bonds. The first-order chi connectivity index (χ1) is 9.71. The SMILES string of the molecule is C/C(=N\c1ccccc1)NC12CC3CC(CC(C3)C1)C2. The zero-order valence-electron chi connectivity index (χ0n) is 12.3. The van der Waals surface area contributed by atoms with Gasteiger partial charge in [-0.3, -0.25) is 0 Å². The Labute approximate surface area is 121 Å². The summed E-state index contributed by atoms with van der Waals surface area (Å²) < 4.78 is 0. The molecule has 20 heavy (non-hydrogen) atoms. The van der Waals surface area contributed by atoms with E-state index in [9.17, 15) is 0 Å². The van der Waals surface area contributed by atoms with Gasteiger partial charge in [0.25, 0.3) is 0 Å². The van der Waals surface area contributed by atoms with Gasteiger partial charge in [0, 0.05) is 5.54 Å². The Bertz CT molecular complexity index is 482. The highest BCUT2D eigenvalue weighted by atomic mass is 15.1. The van der Waals surface area contributed by atoms with E-state index in [2.05, 4.69) is 36.5 Å². The largest absolute Gasteiger partial charge is 0.368 e. The van der Waals surface area contributed by atoms with Crippen molar-refractivity contribution in [3.05, 3.63) is 30.3 Å². The highest BCUT2D eigenvalue weighted by Gasteiger charge is 2.50. The number of amidine groups is 1. The van der Waals surface area contributed by atoms with Crippen molar-refractivity contribution in [1.29, 1.82) is 0 Å². The van der Waals surface area contributed by atoms with Gasteiger partial charge in [-0.25, -0.2) is 4.99 Å². The quantitative estimate of drug-likeness (QED) is 0.628. The van der Waals surface area contributed by atoms with Crippen molar-refractivity contribution in [1.82, 2.24) is 5.32 Å². The maximum atomic E-state index is 4.74. The maximum absolute atomic E-state index is 4.74. The second-order valence-corrected chi connectivity index (χ2v) is 7.36. The first-order valence-electron chi connectivity index (χ1n) is 8.09. The standard InChI is InChI=1S/C18H24N2/c1-13(19-17-5-3-2-4-6-17)20-18-10-14-7-15(11-18)9-16(8-14)12-18/h2-6,14-16H,7-12H2,1H3,(H,19,20). The van der Waals surface area contributed by atoms with Crippen molar-refractivity contribution in [3.8, 4) is 0 Å². The van der Waals surface area contributed by atoms with Crippen LogP contribution in [0.4, 0.5) is 5.69 Å². The minimum absolute atomic E-state index is 0.372. The lowest BCUT2D eigenvalue weighted by Gasteiger charge is -2.57. The molecule has 2 heteroatoms. The Morgan fingerprint density at radius 2 is 1.55 bits per heavy atom. The molecule has 4 aliphatic carbocycles. The van der Waals surface area contributed by atoms with Crippen LogP contribution in [0.2, 0.25) is 0 Å². The van der Waals surface area contributed by atoms with Gasteiger partial charge in [-0.05, 0) is 75.3 Å². The van der Waals surface area contributed by atoms with E-state index in [0.717, 1.165) is 29.3 Å². The lowest BCUT2D eigenvalue weighted by molar-refractivity contribution is -0.0101. The molecule has 1 aromatic rings. The molecule has 106 valence electrons. The molecule has 0 atom stereocenters. The van der Waals surface area contributed by atoms with Crippen molar-refractivity contribution in [2.45, 2.75) is 51.0 Å². The van der Waals surface area contributed by atoms with Gasteiger partial charge in [0.05, 0.1) is 11.5 Å². The molecule has 0 unspecified atom stereocenters. The minimum atomic E-state index is 0.372. The third kappa shape index (κ3) is 2.25. The summed E-state index contributed by atoms with van der Waals surface area (Å²) in [4.78, 5) is 4.74. The molecule has 1 N–H and O–H groups in total. The van der Waals surface area contributed by atoms with E-state index in [1.54, 1.807) is 0 Å². The molecule has 1 aromatic carbocycles. The van der Waals surface area contributed by atoms with Gasteiger partial charge < -0.3 is 5.32 Å². The number of para-hydroxylation sites is 1. The van der Waals surface area contributed by atoms with E-state index < -0.39 is 0 Å². The highest BCUT2D eigenvalue weighted by Crippen LogP contribution is 2.55. The molecule has 0 heterocycles. The van der Waals surface area contributed by atoms with Gasteiger partial charge in [0.15, 0.2) is 0 Å². The predicted octanol–water partition coefficient (Wildman–Crippen LogP) is 4.29. The van der Waals surface area contributed by atoms with E-state index >= 15 is 0 Å². The molecule has 5 rings (SSSR count). The fraction of sp³-hybridized carbons (Fsp3) is 0.611. The Hall–Kier alpha value is -1.31. The minimum Gasteiger partial charge on any atom is -0.368 e.